The summed E-state index contributed by atoms with van der Waals surface area (Å²) in [5, 5.41) is 0. The fraction of sp³-hybridized carbons (Fsp3) is 0.333. The first-order valence-corrected chi connectivity index (χ1v) is 9.53. The molecule has 0 amide bonds. The molecule has 0 atom stereocenters. The van der Waals surface area contributed by atoms with E-state index in [1.54, 1.807) is 36.5 Å². The summed E-state index contributed by atoms with van der Waals surface area (Å²) in [5.74, 6) is 1.85. The van der Waals surface area contributed by atoms with Crippen LogP contribution in [0.4, 0.5) is 0 Å². The summed E-state index contributed by atoms with van der Waals surface area (Å²) in [5.41, 5.74) is 8.99. The predicted octanol–water partition coefficient (Wildman–Crippen LogP) is 6.28. The molecule has 0 unspecified atom stereocenters. The molecule has 134 valence electrons. The Labute approximate surface area is 156 Å². The van der Waals surface area contributed by atoms with Crippen LogP contribution in [-0.2, 0) is 0 Å². The summed E-state index contributed by atoms with van der Waals surface area (Å²) >= 11 is 0. The highest BCUT2D eigenvalue weighted by Gasteiger charge is 2.25. The first kappa shape index (κ1) is 17.0. The third kappa shape index (κ3) is 3.16. The molecule has 0 aliphatic heterocycles. The number of allylic oxidation sites excluding steroid dienone is 4. The SMILES string of the molecule is COc1ccc(C2=C3CCCC(c4ccc(OC)cc4)=C3CCC2)cc1. The lowest BCUT2D eigenvalue weighted by molar-refractivity contribution is 0.414. The molecule has 0 radical (unpaired) electrons. The molecule has 0 saturated heterocycles. The van der Waals surface area contributed by atoms with E-state index in [9.17, 15) is 0 Å². The van der Waals surface area contributed by atoms with E-state index >= 15 is 0 Å². The summed E-state index contributed by atoms with van der Waals surface area (Å²) in [6, 6.07) is 17.2. The van der Waals surface area contributed by atoms with Gasteiger partial charge in [0.2, 0.25) is 0 Å². The number of rotatable bonds is 4. The van der Waals surface area contributed by atoms with Crippen molar-refractivity contribution in [2.75, 3.05) is 14.2 Å². The van der Waals surface area contributed by atoms with Gasteiger partial charge in [0.25, 0.3) is 0 Å². The van der Waals surface area contributed by atoms with Gasteiger partial charge in [-0.1, -0.05) is 24.3 Å². The van der Waals surface area contributed by atoms with Gasteiger partial charge in [0.1, 0.15) is 11.5 Å². The van der Waals surface area contributed by atoms with Crippen LogP contribution in [0.2, 0.25) is 0 Å². The summed E-state index contributed by atoms with van der Waals surface area (Å²) in [7, 11) is 3.45. The smallest absolute Gasteiger partial charge is 0.118 e. The number of hydrogen-bond donors (Lipinski definition) is 0. The number of fused-ring (bicyclic) bond motifs is 1. The first-order valence-electron chi connectivity index (χ1n) is 9.53. The molecule has 0 aromatic heterocycles. The molecule has 0 saturated carbocycles. The van der Waals surface area contributed by atoms with Gasteiger partial charge in [-0.05, 0) is 96.2 Å². The minimum atomic E-state index is 0.925. The highest BCUT2D eigenvalue weighted by Crippen LogP contribution is 2.46. The molecule has 0 fully saturated rings. The third-order valence-electron chi connectivity index (χ3n) is 5.68. The quantitative estimate of drug-likeness (QED) is 0.648. The molecule has 2 aliphatic carbocycles. The molecule has 2 heteroatoms. The van der Waals surface area contributed by atoms with E-state index in [2.05, 4.69) is 48.5 Å². The average Bonchev–Trinajstić information content (AvgIpc) is 2.73. The van der Waals surface area contributed by atoms with Gasteiger partial charge in [0, 0.05) is 0 Å². The Balaban J connectivity index is 1.77. The van der Waals surface area contributed by atoms with Crippen LogP contribution < -0.4 is 9.47 Å². The molecular weight excluding hydrogens is 320 g/mol. The van der Waals surface area contributed by atoms with Gasteiger partial charge in [-0.2, -0.15) is 0 Å². The normalized spacial score (nSPS) is 17.2. The number of ether oxygens (including phenoxy) is 2. The van der Waals surface area contributed by atoms with E-state index in [-0.39, 0.29) is 0 Å². The van der Waals surface area contributed by atoms with Crippen LogP contribution in [0.5, 0.6) is 11.5 Å². The lowest BCUT2D eigenvalue weighted by Crippen LogP contribution is -2.10. The fourth-order valence-corrected chi connectivity index (χ4v) is 4.38. The highest BCUT2D eigenvalue weighted by molar-refractivity contribution is 5.82. The summed E-state index contributed by atoms with van der Waals surface area (Å²) in [4.78, 5) is 0. The number of benzene rings is 2. The van der Waals surface area contributed by atoms with Crippen molar-refractivity contribution >= 4 is 11.1 Å². The Morgan fingerprint density at radius 2 is 0.846 bits per heavy atom. The van der Waals surface area contributed by atoms with Crippen LogP contribution in [-0.4, -0.2) is 14.2 Å². The Morgan fingerprint density at radius 3 is 1.19 bits per heavy atom. The van der Waals surface area contributed by atoms with Crippen molar-refractivity contribution in [1.82, 2.24) is 0 Å². The van der Waals surface area contributed by atoms with Crippen molar-refractivity contribution in [2.24, 2.45) is 0 Å². The lowest BCUT2D eigenvalue weighted by Gasteiger charge is -2.30. The van der Waals surface area contributed by atoms with Crippen molar-refractivity contribution in [2.45, 2.75) is 38.5 Å². The van der Waals surface area contributed by atoms with Crippen LogP contribution >= 0.6 is 0 Å². The largest absolute Gasteiger partial charge is 0.497 e. The minimum absolute atomic E-state index is 0.925. The van der Waals surface area contributed by atoms with Gasteiger partial charge >= 0.3 is 0 Å². The molecule has 2 nitrogen and oxygen atoms in total. The number of methoxy groups -OCH3 is 2. The van der Waals surface area contributed by atoms with Gasteiger partial charge in [-0.3, -0.25) is 0 Å². The topological polar surface area (TPSA) is 18.5 Å². The van der Waals surface area contributed by atoms with Crippen LogP contribution in [0.25, 0.3) is 11.1 Å². The van der Waals surface area contributed by atoms with Gasteiger partial charge < -0.3 is 9.47 Å². The number of hydrogen-bond acceptors (Lipinski definition) is 2. The van der Waals surface area contributed by atoms with Crippen LogP contribution in [0.15, 0.2) is 59.7 Å². The Kier molecular flexibility index (Phi) is 4.83. The Morgan fingerprint density at radius 1 is 0.500 bits per heavy atom. The lowest BCUT2D eigenvalue weighted by atomic mass is 9.74. The fourth-order valence-electron chi connectivity index (χ4n) is 4.38. The third-order valence-corrected chi connectivity index (χ3v) is 5.68. The van der Waals surface area contributed by atoms with Gasteiger partial charge in [-0.15, -0.1) is 0 Å². The molecule has 0 N–H and O–H groups in total. The monoisotopic (exact) mass is 346 g/mol. The van der Waals surface area contributed by atoms with E-state index in [4.69, 9.17) is 9.47 Å². The van der Waals surface area contributed by atoms with E-state index in [0.29, 0.717) is 0 Å². The molecule has 0 bridgehead atoms. The molecule has 2 aromatic rings. The zero-order valence-corrected chi connectivity index (χ0v) is 15.7. The first-order chi connectivity index (χ1) is 12.8. The standard InChI is InChI=1S/C24H26O2/c1-25-19-13-9-17(10-14-19)21-5-3-8-24-22(6-4-7-23(21)24)18-11-15-20(26-2)16-12-18/h9-16H,3-8H2,1-2H3. The summed E-state index contributed by atoms with van der Waals surface area (Å²) in [6.07, 6.45) is 7.24. The Hall–Kier alpha value is -2.48. The Bertz CT molecular complexity index is 765. The minimum Gasteiger partial charge on any atom is -0.497 e. The highest BCUT2D eigenvalue weighted by atomic mass is 16.5. The van der Waals surface area contributed by atoms with Crippen molar-refractivity contribution < 1.29 is 9.47 Å². The second-order valence-electron chi connectivity index (χ2n) is 7.08. The van der Waals surface area contributed by atoms with Crippen molar-refractivity contribution in [3.8, 4) is 11.5 Å². The summed E-state index contributed by atoms with van der Waals surface area (Å²) < 4.78 is 10.6. The van der Waals surface area contributed by atoms with Crippen molar-refractivity contribution in [1.29, 1.82) is 0 Å². The molecule has 0 spiro atoms. The maximum Gasteiger partial charge on any atom is 0.118 e. The second-order valence-corrected chi connectivity index (χ2v) is 7.08. The van der Waals surface area contributed by atoms with Crippen molar-refractivity contribution in [3.63, 3.8) is 0 Å². The van der Waals surface area contributed by atoms with Crippen LogP contribution in [0, 0.1) is 0 Å². The van der Waals surface area contributed by atoms with Gasteiger partial charge in [0.05, 0.1) is 14.2 Å². The molecule has 4 rings (SSSR count). The molecular formula is C24H26O2. The van der Waals surface area contributed by atoms with E-state index in [1.807, 2.05) is 0 Å². The zero-order valence-electron chi connectivity index (χ0n) is 15.7. The van der Waals surface area contributed by atoms with Crippen LogP contribution in [0.3, 0.4) is 0 Å². The van der Waals surface area contributed by atoms with Crippen LogP contribution in [0.1, 0.15) is 49.7 Å². The predicted molar refractivity (Wildman–Crippen MR) is 108 cm³/mol. The maximum atomic E-state index is 5.32. The second kappa shape index (κ2) is 7.41. The maximum absolute atomic E-state index is 5.32. The van der Waals surface area contributed by atoms with Gasteiger partial charge in [0.15, 0.2) is 0 Å². The summed E-state index contributed by atoms with van der Waals surface area (Å²) in [6.45, 7) is 0. The zero-order chi connectivity index (χ0) is 17.9. The molecule has 26 heavy (non-hydrogen) atoms. The average molecular weight is 346 g/mol. The van der Waals surface area contributed by atoms with Gasteiger partial charge in [-0.25, -0.2) is 0 Å². The van der Waals surface area contributed by atoms with Crippen molar-refractivity contribution in [3.05, 3.63) is 70.8 Å². The molecule has 2 aliphatic rings. The van der Waals surface area contributed by atoms with E-state index in [0.717, 1.165) is 11.5 Å². The van der Waals surface area contributed by atoms with E-state index < -0.39 is 0 Å². The molecule has 2 aromatic carbocycles. The van der Waals surface area contributed by atoms with E-state index in [1.165, 1.54) is 49.7 Å². The molecule has 0 heterocycles.